The maximum absolute atomic E-state index is 12.2. The van der Waals surface area contributed by atoms with Crippen molar-refractivity contribution < 1.29 is 12.6 Å². The van der Waals surface area contributed by atoms with Gasteiger partial charge in [0.2, 0.25) is 10.0 Å². The summed E-state index contributed by atoms with van der Waals surface area (Å²) in [6.07, 6.45) is 1.52. The molecule has 5 nitrogen and oxygen atoms in total. The highest BCUT2D eigenvalue weighted by molar-refractivity contribution is 7.89. The second-order valence-corrected chi connectivity index (χ2v) is 8.26. The molecule has 1 rings (SSSR count). The maximum Gasteiger partial charge on any atom is 0.242 e. The first kappa shape index (κ1) is 18.1. The van der Waals surface area contributed by atoms with Gasteiger partial charge < -0.3 is 5.73 Å². The summed E-state index contributed by atoms with van der Waals surface area (Å²) >= 11 is 5.99. The number of rotatable bonds is 5. The highest BCUT2D eigenvalue weighted by atomic mass is 35.5. The van der Waals surface area contributed by atoms with Crippen LogP contribution >= 0.6 is 11.6 Å². The molecule has 0 saturated heterocycles. The van der Waals surface area contributed by atoms with Crippen LogP contribution in [-0.2, 0) is 20.8 Å². The smallest absolute Gasteiger partial charge is 0.242 e. The minimum atomic E-state index is -3.75. The number of nitrogens with one attached hydrogen (secondary N) is 1. The van der Waals surface area contributed by atoms with Crippen molar-refractivity contribution in [3.8, 4) is 11.8 Å². The Kier molecular flexibility index (Phi) is 6.84. The molecule has 1 aromatic carbocycles. The standard InChI is InChI=1S/C13H17ClN2O3S2/c1-10(20(2)17)9-16-21(18,19)13-6-5-11(4-3-7-15)8-12(13)14/h5-6,8,10,16H,7,9,15H2,1-2H3. The van der Waals surface area contributed by atoms with E-state index in [9.17, 15) is 12.6 Å². The Hall–Kier alpha value is -0.910. The van der Waals surface area contributed by atoms with E-state index in [1.54, 1.807) is 13.0 Å². The lowest BCUT2D eigenvalue weighted by atomic mass is 10.2. The first-order valence-electron chi connectivity index (χ1n) is 6.08. The van der Waals surface area contributed by atoms with E-state index in [0.29, 0.717) is 5.56 Å². The Morgan fingerprint density at radius 2 is 2.14 bits per heavy atom. The summed E-state index contributed by atoms with van der Waals surface area (Å²) in [5.41, 5.74) is 5.86. The van der Waals surface area contributed by atoms with Crippen LogP contribution in [0.15, 0.2) is 23.1 Å². The first-order chi connectivity index (χ1) is 9.77. The molecular weight excluding hydrogens is 332 g/mol. The van der Waals surface area contributed by atoms with Crippen LogP contribution in [0.1, 0.15) is 12.5 Å². The minimum Gasteiger partial charge on any atom is -0.320 e. The molecule has 21 heavy (non-hydrogen) atoms. The second kappa shape index (κ2) is 7.92. The average molecular weight is 349 g/mol. The molecule has 116 valence electrons. The molecule has 0 aromatic heterocycles. The van der Waals surface area contributed by atoms with Gasteiger partial charge in [0.25, 0.3) is 0 Å². The van der Waals surface area contributed by atoms with Crippen LogP contribution in [0.3, 0.4) is 0 Å². The zero-order valence-electron chi connectivity index (χ0n) is 11.7. The third-order valence-electron chi connectivity index (χ3n) is 2.68. The van der Waals surface area contributed by atoms with Crippen molar-refractivity contribution in [3.05, 3.63) is 28.8 Å². The average Bonchev–Trinajstić information content (AvgIpc) is 2.42. The molecule has 2 atom stereocenters. The normalized spacial score (nSPS) is 14.1. The molecule has 0 fully saturated rings. The Labute approximate surface area is 132 Å². The molecule has 3 N–H and O–H groups in total. The summed E-state index contributed by atoms with van der Waals surface area (Å²) < 4.78 is 37.9. The highest BCUT2D eigenvalue weighted by Crippen LogP contribution is 2.22. The molecule has 0 amide bonds. The van der Waals surface area contributed by atoms with Gasteiger partial charge in [-0.25, -0.2) is 13.1 Å². The van der Waals surface area contributed by atoms with Gasteiger partial charge >= 0.3 is 0 Å². The van der Waals surface area contributed by atoms with E-state index < -0.39 is 20.8 Å². The Morgan fingerprint density at radius 1 is 1.48 bits per heavy atom. The Bertz CT molecular complexity index is 693. The van der Waals surface area contributed by atoms with Crippen LogP contribution in [0, 0.1) is 11.8 Å². The van der Waals surface area contributed by atoms with Crippen molar-refractivity contribution >= 4 is 32.4 Å². The second-order valence-electron chi connectivity index (χ2n) is 4.31. The zero-order chi connectivity index (χ0) is 16.0. The van der Waals surface area contributed by atoms with E-state index in [1.807, 2.05) is 0 Å². The van der Waals surface area contributed by atoms with Gasteiger partial charge in [0.05, 0.1) is 11.6 Å². The van der Waals surface area contributed by atoms with Crippen LogP contribution in [-0.4, -0.2) is 37.2 Å². The van der Waals surface area contributed by atoms with E-state index >= 15 is 0 Å². The van der Waals surface area contributed by atoms with Crippen molar-refractivity contribution in [2.75, 3.05) is 19.3 Å². The van der Waals surface area contributed by atoms with E-state index in [-0.39, 0.29) is 28.3 Å². The summed E-state index contributed by atoms with van der Waals surface area (Å²) in [7, 11) is -4.85. The number of sulfonamides is 1. The van der Waals surface area contributed by atoms with Gasteiger partial charge in [0.15, 0.2) is 0 Å². The molecule has 2 unspecified atom stereocenters. The monoisotopic (exact) mass is 348 g/mol. The third-order valence-corrected chi connectivity index (χ3v) is 5.89. The van der Waals surface area contributed by atoms with Crippen LogP contribution < -0.4 is 10.5 Å². The van der Waals surface area contributed by atoms with Gasteiger partial charge in [-0.15, -0.1) is 0 Å². The molecule has 0 aliphatic rings. The van der Waals surface area contributed by atoms with Crippen LogP contribution in [0.4, 0.5) is 0 Å². The number of halogens is 1. The van der Waals surface area contributed by atoms with Crippen molar-refractivity contribution in [3.63, 3.8) is 0 Å². The fourth-order valence-electron chi connectivity index (χ4n) is 1.37. The molecule has 0 aliphatic carbocycles. The summed E-state index contributed by atoms with van der Waals surface area (Å²) in [6, 6.07) is 4.42. The number of hydrogen-bond acceptors (Lipinski definition) is 4. The summed E-state index contributed by atoms with van der Waals surface area (Å²) in [5, 5.41) is -0.204. The Balaban J connectivity index is 2.96. The molecule has 0 radical (unpaired) electrons. The number of benzene rings is 1. The van der Waals surface area contributed by atoms with Crippen LogP contribution in [0.5, 0.6) is 0 Å². The molecular formula is C13H17ClN2O3S2. The summed E-state index contributed by atoms with van der Waals surface area (Å²) in [5.74, 6) is 5.44. The zero-order valence-corrected chi connectivity index (χ0v) is 14.1. The van der Waals surface area contributed by atoms with Crippen molar-refractivity contribution in [2.45, 2.75) is 17.1 Å². The fourth-order valence-corrected chi connectivity index (χ4v) is 3.47. The van der Waals surface area contributed by atoms with Crippen molar-refractivity contribution in [2.24, 2.45) is 5.73 Å². The van der Waals surface area contributed by atoms with Gasteiger partial charge in [0, 0.05) is 34.4 Å². The quantitative estimate of drug-likeness (QED) is 0.766. The van der Waals surface area contributed by atoms with Crippen LogP contribution in [0.2, 0.25) is 5.02 Å². The third kappa shape index (κ3) is 5.41. The van der Waals surface area contributed by atoms with E-state index in [0.717, 1.165) is 0 Å². The van der Waals surface area contributed by atoms with Crippen molar-refractivity contribution in [1.29, 1.82) is 0 Å². The van der Waals surface area contributed by atoms with Crippen molar-refractivity contribution in [1.82, 2.24) is 4.72 Å². The minimum absolute atomic E-state index is 0.0310. The first-order valence-corrected chi connectivity index (χ1v) is 9.56. The van der Waals surface area contributed by atoms with Gasteiger partial charge in [-0.3, -0.25) is 4.21 Å². The Morgan fingerprint density at radius 3 is 2.67 bits per heavy atom. The highest BCUT2D eigenvalue weighted by Gasteiger charge is 2.19. The van der Waals surface area contributed by atoms with E-state index in [1.165, 1.54) is 18.4 Å². The van der Waals surface area contributed by atoms with Gasteiger partial charge in [-0.1, -0.05) is 23.4 Å². The lowest BCUT2D eigenvalue weighted by Gasteiger charge is -2.11. The number of nitrogens with two attached hydrogens (primary N) is 1. The molecule has 0 saturated carbocycles. The molecule has 1 aromatic rings. The van der Waals surface area contributed by atoms with Gasteiger partial charge in [-0.2, -0.15) is 0 Å². The molecule has 0 spiro atoms. The van der Waals surface area contributed by atoms with Gasteiger partial charge in [-0.05, 0) is 25.1 Å². The van der Waals surface area contributed by atoms with E-state index in [4.69, 9.17) is 17.3 Å². The largest absolute Gasteiger partial charge is 0.320 e. The number of hydrogen-bond donors (Lipinski definition) is 2. The van der Waals surface area contributed by atoms with Crippen LogP contribution in [0.25, 0.3) is 0 Å². The predicted octanol–water partition coefficient (Wildman–Crippen LogP) is 0.696. The molecule has 0 bridgehead atoms. The van der Waals surface area contributed by atoms with E-state index in [2.05, 4.69) is 16.6 Å². The molecule has 0 aliphatic heterocycles. The topological polar surface area (TPSA) is 89.3 Å². The lowest BCUT2D eigenvalue weighted by molar-refractivity contribution is 0.580. The molecule has 0 heterocycles. The molecule has 8 heteroatoms. The van der Waals surface area contributed by atoms with Gasteiger partial charge in [0.1, 0.15) is 4.90 Å². The SMILES string of the molecule is CC(CNS(=O)(=O)c1ccc(C#CCN)cc1Cl)S(C)=O. The summed E-state index contributed by atoms with van der Waals surface area (Å²) in [6.45, 7) is 1.99. The maximum atomic E-state index is 12.2. The fraction of sp³-hybridized carbons (Fsp3) is 0.385. The predicted molar refractivity (Wildman–Crippen MR) is 86.1 cm³/mol. The lowest BCUT2D eigenvalue weighted by Crippen LogP contribution is -2.32. The summed E-state index contributed by atoms with van der Waals surface area (Å²) in [4.78, 5) is -0.0310.